The third-order valence-corrected chi connectivity index (χ3v) is 6.89. The van der Waals surface area contributed by atoms with Gasteiger partial charge in [0, 0.05) is 34.9 Å². The Labute approximate surface area is 197 Å². The first-order valence-corrected chi connectivity index (χ1v) is 11.6. The number of fused-ring (bicyclic) bond motifs is 1. The molecular weight excluding hydrogens is 440 g/mol. The predicted octanol–water partition coefficient (Wildman–Crippen LogP) is 3.41. The Morgan fingerprint density at radius 3 is 2.85 bits per heavy atom. The lowest BCUT2D eigenvalue weighted by molar-refractivity contribution is -0.125. The van der Waals surface area contributed by atoms with Gasteiger partial charge in [-0.15, -0.1) is 0 Å². The zero-order chi connectivity index (χ0) is 22.8. The summed E-state index contributed by atoms with van der Waals surface area (Å²) in [6, 6.07) is 10.3. The number of nitrogens with one attached hydrogen (secondary N) is 1. The van der Waals surface area contributed by atoms with Crippen molar-refractivity contribution in [2.24, 2.45) is 5.92 Å². The van der Waals surface area contributed by atoms with Gasteiger partial charge in [-0.25, -0.2) is 14.6 Å². The zero-order valence-electron chi connectivity index (χ0n) is 18.1. The minimum Gasteiger partial charge on any atom is -0.350 e. The van der Waals surface area contributed by atoms with Crippen LogP contribution in [0.15, 0.2) is 55.2 Å². The van der Waals surface area contributed by atoms with Crippen LogP contribution in [0.25, 0.3) is 5.82 Å². The van der Waals surface area contributed by atoms with Crippen LogP contribution in [-0.2, 0) is 11.3 Å². The highest BCUT2D eigenvalue weighted by molar-refractivity contribution is 6.31. The zero-order valence-corrected chi connectivity index (χ0v) is 18.9. The SMILES string of the molecule is O=C(NCc1cccnc1-n1cncn1)C1CC2CCCCC2N1C(=O)c1cccc(Cl)c1. The van der Waals surface area contributed by atoms with E-state index in [1.807, 2.05) is 17.0 Å². The molecule has 0 spiro atoms. The minimum absolute atomic E-state index is 0.0880. The second-order valence-electron chi connectivity index (χ2n) is 8.63. The summed E-state index contributed by atoms with van der Waals surface area (Å²) in [6.07, 6.45) is 9.57. The highest BCUT2D eigenvalue weighted by atomic mass is 35.5. The van der Waals surface area contributed by atoms with Crippen molar-refractivity contribution in [1.29, 1.82) is 0 Å². The van der Waals surface area contributed by atoms with Crippen LogP contribution in [-0.4, -0.2) is 48.5 Å². The normalized spacial score (nSPS) is 22.1. The number of carbonyl (C=O) groups is 2. The van der Waals surface area contributed by atoms with Gasteiger partial charge in [0.15, 0.2) is 5.82 Å². The number of carbonyl (C=O) groups excluding carboxylic acids is 2. The van der Waals surface area contributed by atoms with Crippen molar-refractivity contribution >= 4 is 23.4 Å². The number of likely N-dealkylation sites (tertiary alicyclic amines) is 1. The number of benzene rings is 1. The fourth-order valence-electron chi connectivity index (χ4n) is 5.15. The summed E-state index contributed by atoms with van der Waals surface area (Å²) < 4.78 is 1.57. The lowest BCUT2D eigenvalue weighted by atomic mass is 9.84. The average Bonchev–Trinajstić information content (AvgIpc) is 3.50. The molecule has 1 N–H and O–H groups in total. The summed E-state index contributed by atoms with van der Waals surface area (Å²) in [7, 11) is 0. The molecule has 2 aliphatic rings. The van der Waals surface area contributed by atoms with Gasteiger partial charge in [0.25, 0.3) is 5.91 Å². The van der Waals surface area contributed by atoms with Crippen molar-refractivity contribution in [3.05, 3.63) is 71.4 Å². The maximum Gasteiger partial charge on any atom is 0.254 e. The number of hydrogen-bond donors (Lipinski definition) is 1. The topological polar surface area (TPSA) is 93.0 Å². The number of nitrogens with zero attached hydrogens (tertiary/aromatic N) is 5. The fraction of sp³-hybridized carbons (Fsp3) is 0.375. The number of rotatable bonds is 5. The molecule has 2 amide bonds. The van der Waals surface area contributed by atoms with E-state index < -0.39 is 6.04 Å². The van der Waals surface area contributed by atoms with Gasteiger partial charge in [-0.05, 0) is 49.4 Å². The van der Waals surface area contributed by atoms with Gasteiger partial charge < -0.3 is 10.2 Å². The van der Waals surface area contributed by atoms with E-state index in [0.717, 1.165) is 31.2 Å². The van der Waals surface area contributed by atoms with E-state index in [9.17, 15) is 9.59 Å². The van der Waals surface area contributed by atoms with Gasteiger partial charge >= 0.3 is 0 Å². The molecule has 3 atom stereocenters. The van der Waals surface area contributed by atoms with Crippen molar-refractivity contribution in [2.45, 2.75) is 50.7 Å². The van der Waals surface area contributed by atoms with Crippen LogP contribution in [0, 0.1) is 5.92 Å². The maximum atomic E-state index is 13.5. The highest BCUT2D eigenvalue weighted by Crippen LogP contribution is 2.40. The number of amides is 2. The van der Waals surface area contributed by atoms with Crippen molar-refractivity contribution < 1.29 is 9.59 Å². The molecule has 5 rings (SSSR count). The fourth-order valence-corrected chi connectivity index (χ4v) is 5.34. The molecule has 1 saturated heterocycles. The molecular formula is C24H25ClN6O2. The van der Waals surface area contributed by atoms with Crippen LogP contribution >= 0.6 is 11.6 Å². The molecule has 9 heteroatoms. The number of hydrogen-bond acceptors (Lipinski definition) is 5. The van der Waals surface area contributed by atoms with E-state index in [-0.39, 0.29) is 24.4 Å². The first-order chi connectivity index (χ1) is 16.1. The minimum atomic E-state index is -0.504. The second kappa shape index (κ2) is 9.31. The molecule has 3 unspecified atom stereocenters. The molecule has 170 valence electrons. The largest absolute Gasteiger partial charge is 0.350 e. The summed E-state index contributed by atoms with van der Waals surface area (Å²) in [4.78, 5) is 37.1. The van der Waals surface area contributed by atoms with Crippen LogP contribution in [0.2, 0.25) is 5.02 Å². The molecule has 2 aromatic heterocycles. The first kappa shape index (κ1) is 21.6. The molecule has 0 radical (unpaired) electrons. The Balaban J connectivity index is 1.37. The molecule has 1 aromatic carbocycles. The van der Waals surface area contributed by atoms with E-state index in [2.05, 4.69) is 20.4 Å². The number of halogens is 1. The van der Waals surface area contributed by atoms with Crippen LogP contribution in [0.4, 0.5) is 0 Å². The molecule has 0 bridgehead atoms. The first-order valence-electron chi connectivity index (χ1n) is 11.3. The monoisotopic (exact) mass is 464 g/mol. The Hall–Kier alpha value is -3.26. The van der Waals surface area contributed by atoms with E-state index in [4.69, 9.17) is 11.6 Å². The lowest BCUT2D eigenvalue weighted by Crippen LogP contribution is -2.49. The summed E-state index contributed by atoms with van der Waals surface area (Å²) in [5.41, 5.74) is 1.34. The van der Waals surface area contributed by atoms with E-state index >= 15 is 0 Å². The summed E-state index contributed by atoms with van der Waals surface area (Å²) in [5.74, 6) is 0.689. The van der Waals surface area contributed by atoms with Gasteiger partial charge in [0.2, 0.25) is 5.91 Å². The number of aromatic nitrogens is 4. The molecule has 3 aromatic rings. The highest BCUT2D eigenvalue weighted by Gasteiger charge is 2.47. The van der Waals surface area contributed by atoms with Gasteiger partial charge in [0.05, 0.1) is 0 Å². The molecule has 2 fully saturated rings. The molecule has 1 saturated carbocycles. The molecule has 1 aliphatic heterocycles. The van der Waals surface area contributed by atoms with Gasteiger partial charge in [0.1, 0.15) is 18.7 Å². The van der Waals surface area contributed by atoms with E-state index in [1.165, 1.54) is 6.33 Å². The third kappa shape index (κ3) is 4.35. The number of pyridine rings is 1. The molecule has 33 heavy (non-hydrogen) atoms. The summed E-state index contributed by atoms with van der Waals surface area (Å²) in [5, 5.41) is 7.70. The maximum absolute atomic E-state index is 13.5. The quantitative estimate of drug-likeness (QED) is 0.624. The average molecular weight is 465 g/mol. The predicted molar refractivity (Wildman–Crippen MR) is 123 cm³/mol. The lowest BCUT2D eigenvalue weighted by Gasteiger charge is -2.33. The van der Waals surface area contributed by atoms with Crippen LogP contribution in [0.1, 0.15) is 48.0 Å². The summed E-state index contributed by atoms with van der Waals surface area (Å²) >= 11 is 6.14. The molecule has 1 aliphatic carbocycles. The molecule has 8 nitrogen and oxygen atoms in total. The third-order valence-electron chi connectivity index (χ3n) is 6.65. The van der Waals surface area contributed by atoms with Gasteiger partial charge in [-0.3, -0.25) is 9.59 Å². The second-order valence-corrected chi connectivity index (χ2v) is 9.07. The van der Waals surface area contributed by atoms with E-state index in [0.29, 0.717) is 28.7 Å². The standard InChI is InChI=1S/C24H25ClN6O2/c25-19-8-3-6-17(11-19)24(33)31-20-9-2-1-5-16(20)12-21(31)23(32)28-13-18-7-4-10-27-22(18)30-15-26-14-29-30/h3-4,6-8,10-11,14-16,20-21H,1-2,5,9,12-13H2,(H,28,32). The van der Waals surface area contributed by atoms with E-state index in [1.54, 1.807) is 41.5 Å². The van der Waals surface area contributed by atoms with Crippen LogP contribution < -0.4 is 5.32 Å². The molecule has 3 heterocycles. The van der Waals surface area contributed by atoms with Crippen molar-refractivity contribution in [2.75, 3.05) is 0 Å². The summed E-state index contributed by atoms with van der Waals surface area (Å²) in [6.45, 7) is 0.285. The Bertz CT molecular complexity index is 1150. The Morgan fingerprint density at radius 1 is 1.15 bits per heavy atom. The van der Waals surface area contributed by atoms with Crippen molar-refractivity contribution in [3.8, 4) is 5.82 Å². The van der Waals surface area contributed by atoms with Crippen LogP contribution in [0.3, 0.4) is 0 Å². The van der Waals surface area contributed by atoms with Crippen molar-refractivity contribution in [1.82, 2.24) is 30.0 Å². The van der Waals surface area contributed by atoms with Crippen LogP contribution in [0.5, 0.6) is 0 Å². The van der Waals surface area contributed by atoms with Gasteiger partial charge in [-0.1, -0.05) is 36.6 Å². The Kier molecular flexibility index (Phi) is 6.09. The smallest absolute Gasteiger partial charge is 0.254 e. The Morgan fingerprint density at radius 2 is 2.03 bits per heavy atom. The van der Waals surface area contributed by atoms with Gasteiger partial charge in [-0.2, -0.15) is 5.10 Å². The van der Waals surface area contributed by atoms with Crippen molar-refractivity contribution in [3.63, 3.8) is 0 Å².